The van der Waals surface area contributed by atoms with Crippen LogP contribution in [0.5, 0.6) is 5.75 Å². The average Bonchev–Trinajstić information content (AvgIpc) is 2.61. The van der Waals surface area contributed by atoms with Gasteiger partial charge in [0.15, 0.2) is 6.61 Å². The fourth-order valence-electron chi connectivity index (χ4n) is 2.08. The largest absolute Gasteiger partial charge is 0.484 e. The number of hydrogen-bond donors (Lipinski definition) is 0. The smallest absolute Gasteiger partial charge is 0.261 e. The Labute approximate surface area is 150 Å². The topological polar surface area (TPSA) is 53.3 Å². The molecular formula is C19H17BrN2O2. The summed E-state index contributed by atoms with van der Waals surface area (Å²) in [5.74, 6) is 0.519. The van der Waals surface area contributed by atoms with E-state index < -0.39 is 0 Å². The van der Waals surface area contributed by atoms with Crippen molar-refractivity contribution in [2.24, 2.45) is 0 Å². The van der Waals surface area contributed by atoms with Crippen LogP contribution < -0.4 is 4.74 Å². The van der Waals surface area contributed by atoms with E-state index in [1.807, 2.05) is 24.3 Å². The monoisotopic (exact) mass is 384 g/mol. The van der Waals surface area contributed by atoms with Gasteiger partial charge in [0, 0.05) is 17.6 Å². The highest BCUT2D eigenvalue weighted by Crippen LogP contribution is 2.16. The maximum atomic E-state index is 12.4. The van der Waals surface area contributed by atoms with Crippen LogP contribution in [0.25, 0.3) is 0 Å². The SMILES string of the molecule is C=CCN(Cc1ccc(C#N)cc1)C(=O)COc1ccc(Br)cc1. The lowest BCUT2D eigenvalue weighted by molar-refractivity contribution is -0.133. The second kappa shape index (κ2) is 8.90. The number of carbonyl (C=O) groups excluding carboxylic acids is 1. The molecular weight excluding hydrogens is 368 g/mol. The van der Waals surface area contributed by atoms with Crippen LogP contribution in [0.4, 0.5) is 0 Å². The maximum Gasteiger partial charge on any atom is 0.261 e. The zero-order valence-corrected chi connectivity index (χ0v) is 14.7. The number of nitriles is 1. The first-order chi connectivity index (χ1) is 11.6. The first kappa shape index (κ1) is 17.8. The fourth-order valence-corrected chi connectivity index (χ4v) is 2.35. The number of nitrogens with zero attached hydrogens (tertiary/aromatic N) is 2. The van der Waals surface area contributed by atoms with E-state index in [1.54, 1.807) is 35.2 Å². The Morgan fingerprint density at radius 3 is 2.46 bits per heavy atom. The molecule has 0 unspecified atom stereocenters. The summed E-state index contributed by atoms with van der Waals surface area (Å²) in [5.41, 5.74) is 1.55. The van der Waals surface area contributed by atoms with E-state index in [0.717, 1.165) is 10.0 Å². The van der Waals surface area contributed by atoms with Crippen LogP contribution in [0.3, 0.4) is 0 Å². The summed E-state index contributed by atoms with van der Waals surface area (Å²) in [5, 5.41) is 8.83. The first-order valence-electron chi connectivity index (χ1n) is 7.38. The van der Waals surface area contributed by atoms with Crippen LogP contribution in [0.15, 0.2) is 65.7 Å². The van der Waals surface area contributed by atoms with E-state index in [9.17, 15) is 4.79 Å². The predicted octanol–water partition coefficient (Wildman–Crippen LogP) is 3.91. The molecule has 0 bridgehead atoms. The molecule has 0 aliphatic heterocycles. The third-order valence-electron chi connectivity index (χ3n) is 3.33. The molecule has 0 N–H and O–H groups in total. The summed E-state index contributed by atoms with van der Waals surface area (Å²) < 4.78 is 6.49. The molecule has 4 nitrogen and oxygen atoms in total. The lowest BCUT2D eigenvalue weighted by Crippen LogP contribution is -2.34. The lowest BCUT2D eigenvalue weighted by Gasteiger charge is -2.21. The van der Waals surface area contributed by atoms with Gasteiger partial charge >= 0.3 is 0 Å². The molecule has 122 valence electrons. The predicted molar refractivity (Wildman–Crippen MR) is 96.4 cm³/mol. The highest BCUT2D eigenvalue weighted by Gasteiger charge is 2.13. The van der Waals surface area contributed by atoms with Crippen molar-refractivity contribution in [1.29, 1.82) is 5.26 Å². The summed E-state index contributed by atoms with van der Waals surface area (Å²) in [6.07, 6.45) is 1.68. The molecule has 0 heterocycles. The van der Waals surface area contributed by atoms with Gasteiger partial charge in [-0.3, -0.25) is 4.79 Å². The van der Waals surface area contributed by atoms with Gasteiger partial charge in [0.1, 0.15) is 5.75 Å². The average molecular weight is 385 g/mol. The van der Waals surface area contributed by atoms with Crippen LogP contribution in [0.1, 0.15) is 11.1 Å². The Bertz CT molecular complexity index is 733. The van der Waals surface area contributed by atoms with Crippen molar-refractivity contribution < 1.29 is 9.53 Å². The molecule has 5 heteroatoms. The van der Waals surface area contributed by atoms with Crippen LogP contribution in [-0.2, 0) is 11.3 Å². The van der Waals surface area contributed by atoms with Crippen molar-refractivity contribution in [2.75, 3.05) is 13.2 Å². The molecule has 24 heavy (non-hydrogen) atoms. The fraction of sp³-hybridized carbons (Fsp3) is 0.158. The quantitative estimate of drug-likeness (QED) is 0.679. The van der Waals surface area contributed by atoms with Gasteiger partial charge in [0.25, 0.3) is 5.91 Å². The summed E-state index contributed by atoms with van der Waals surface area (Å²) in [6, 6.07) is 16.6. The molecule has 0 saturated heterocycles. The molecule has 2 rings (SSSR count). The first-order valence-corrected chi connectivity index (χ1v) is 8.17. The van der Waals surface area contributed by atoms with Crippen LogP contribution >= 0.6 is 15.9 Å². The highest BCUT2D eigenvalue weighted by molar-refractivity contribution is 9.10. The minimum atomic E-state index is -0.123. The van der Waals surface area contributed by atoms with Crippen LogP contribution in [0, 0.1) is 11.3 Å². The van der Waals surface area contributed by atoms with Gasteiger partial charge < -0.3 is 9.64 Å². The Morgan fingerprint density at radius 2 is 1.88 bits per heavy atom. The van der Waals surface area contributed by atoms with Gasteiger partial charge in [0.05, 0.1) is 11.6 Å². The molecule has 0 aliphatic carbocycles. The van der Waals surface area contributed by atoms with Crippen molar-refractivity contribution in [1.82, 2.24) is 4.90 Å². The van der Waals surface area contributed by atoms with Crippen LogP contribution in [0.2, 0.25) is 0 Å². The second-order valence-electron chi connectivity index (χ2n) is 5.11. The van der Waals surface area contributed by atoms with Crippen molar-refractivity contribution >= 4 is 21.8 Å². The molecule has 1 amide bonds. The summed E-state index contributed by atoms with van der Waals surface area (Å²) in [4.78, 5) is 14.1. The van der Waals surface area contributed by atoms with Gasteiger partial charge in [0.2, 0.25) is 0 Å². The van der Waals surface area contributed by atoms with Gasteiger partial charge in [-0.15, -0.1) is 6.58 Å². The number of rotatable bonds is 7. The van der Waals surface area contributed by atoms with E-state index in [0.29, 0.717) is 24.4 Å². The van der Waals surface area contributed by atoms with Gasteiger partial charge in [-0.2, -0.15) is 5.26 Å². The summed E-state index contributed by atoms with van der Waals surface area (Å²) in [7, 11) is 0. The number of carbonyl (C=O) groups is 1. The molecule has 0 atom stereocenters. The Balaban J connectivity index is 1.97. The Hall–Kier alpha value is -2.58. The van der Waals surface area contributed by atoms with E-state index in [-0.39, 0.29) is 12.5 Å². The van der Waals surface area contributed by atoms with Crippen molar-refractivity contribution in [3.63, 3.8) is 0 Å². The third kappa shape index (κ3) is 5.25. The van der Waals surface area contributed by atoms with Gasteiger partial charge in [-0.05, 0) is 42.0 Å². The molecule has 0 fully saturated rings. The van der Waals surface area contributed by atoms with Crippen LogP contribution in [-0.4, -0.2) is 24.0 Å². The Kier molecular flexibility index (Phi) is 6.59. The van der Waals surface area contributed by atoms with E-state index in [2.05, 4.69) is 28.6 Å². The Morgan fingerprint density at radius 1 is 1.21 bits per heavy atom. The highest BCUT2D eigenvalue weighted by atomic mass is 79.9. The standard InChI is InChI=1S/C19H17BrN2O2/c1-2-11-22(13-16-5-3-15(12-21)4-6-16)19(23)14-24-18-9-7-17(20)8-10-18/h2-10H,1,11,13-14H2. The van der Waals surface area contributed by atoms with Crippen molar-refractivity contribution in [3.8, 4) is 11.8 Å². The zero-order valence-electron chi connectivity index (χ0n) is 13.1. The summed E-state index contributed by atoms with van der Waals surface area (Å²) in [6.45, 7) is 4.54. The molecule has 0 saturated carbocycles. The second-order valence-corrected chi connectivity index (χ2v) is 6.03. The van der Waals surface area contributed by atoms with E-state index >= 15 is 0 Å². The minimum Gasteiger partial charge on any atom is -0.484 e. The number of ether oxygens (including phenoxy) is 1. The molecule has 0 aromatic heterocycles. The molecule has 0 spiro atoms. The number of halogens is 1. The number of hydrogen-bond acceptors (Lipinski definition) is 3. The molecule has 0 aliphatic rings. The number of amides is 1. The molecule has 0 radical (unpaired) electrons. The van der Waals surface area contributed by atoms with E-state index in [1.165, 1.54) is 0 Å². The third-order valence-corrected chi connectivity index (χ3v) is 3.86. The zero-order chi connectivity index (χ0) is 17.4. The number of benzene rings is 2. The normalized spacial score (nSPS) is 9.83. The van der Waals surface area contributed by atoms with Crippen molar-refractivity contribution in [3.05, 3.63) is 76.8 Å². The van der Waals surface area contributed by atoms with Gasteiger partial charge in [-0.1, -0.05) is 34.1 Å². The lowest BCUT2D eigenvalue weighted by atomic mass is 10.1. The maximum absolute atomic E-state index is 12.4. The van der Waals surface area contributed by atoms with Gasteiger partial charge in [-0.25, -0.2) is 0 Å². The van der Waals surface area contributed by atoms with Crippen molar-refractivity contribution in [2.45, 2.75) is 6.54 Å². The van der Waals surface area contributed by atoms with E-state index in [4.69, 9.17) is 10.00 Å². The summed E-state index contributed by atoms with van der Waals surface area (Å²) >= 11 is 3.35. The molecule has 2 aromatic rings. The minimum absolute atomic E-state index is 0.0360. The molecule has 2 aromatic carbocycles.